The maximum Gasteiger partial charge on any atom is 0.0511 e. The Labute approximate surface area is 214 Å². The minimum atomic E-state index is -0.442. The lowest BCUT2D eigenvalue weighted by Gasteiger charge is -2.24. The van der Waals surface area contributed by atoms with Crippen LogP contribution in [0.15, 0.2) is 97.1 Å². The van der Waals surface area contributed by atoms with Gasteiger partial charge in [0.1, 0.15) is 0 Å². The molecule has 0 aliphatic heterocycles. The van der Waals surface area contributed by atoms with E-state index >= 15 is 0 Å². The standard InChI is InChI=1S/C32H36OP2/c1-25-13-5-9-17-29(25)34(30-18-10-6-14-26(30)2)23-21-33-22-24-35(31-19-11-7-15-27(31)3)32-20-12-8-16-28(32)4/h5-20H,21-24H2,1-4H3. The van der Waals surface area contributed by atoms with Crippen molar-refractivity contribution >= 4 is 37.1 Å². The third-order valence-corrected chi connectivity index (χ3v) is 12.1. The van der Waals surface area contributed by atoms with Gasteiger partial charge in [0.05, 0.1) is 13.2 Å². The monoisotopic (exact) mass is 498 g/mol. The number of hydrogen-bond acceptors (Lipinski definition) is 1. The number of hydrogen-bond donors (Lipinski definition) is 0. The smallest absolute Gasteiger partial charge is 0.0511 e. The molecular weight excluding hydrogens is 462 g/mol. The summed E-state index contributed by atoms with van der Waals surface area (Å²) in [7, 11) is -0.884. The average molecular weight is 499 g/mol. The molecule has 3 heteroatoms. The van der Waals surface area contributed by atoms with Gasteiger partial charge in [-0.1, -0.05) is 97.1 Å². The summed E-state index contributed by atoms with van der Waals surface area (Å²) in [5.41, 5.74) is 5.52. The molecule has 0 saturated carbocycles. The van der Waals surface area contributed by atoms with E-state index in [1.165, 1.54) is 43.5 Å². The molecule has 0 saturated heterocycles. The van der Waals surface area contributed by atoms with Gasteiger partial charge >= 0.3 is 0 Å². The molecule has 0 unspecified atom stereocenters. The zero-order chi connectivity index (χ0) is 24.6. The largest absolute Gasteiger partial charge is 0.381 e. The van der Waals surface area contributed by atoms with Gasteiger partial charge in [0, 0.05) is 0 Å². The van der Waals surface area contributed by atoms with E-state index in [1.807, 2.05) is 0 Å². The number of benzene rings is 4. The van der Waals surface area contributed by atoms with Crippen LogP contribution in [-0.4, -0.2) is 25.5 Å². The van der Waals surface area contributed by atoms with Crippen molar-refractivity contribution in [1.82, 2.24) is 0 Å². The molecular formula is C32H36OP2. The van der Waals surface area contributed by atoms with Crippen LogP contribution < -0.4 is 21.2 Å². The molecule has 0 aliphatic carbocycles. The first kappa shape index (κ1) is 25.8. The second kappa shape index (κ2) is 12.6. The summed E-state index contributed by atoms with van der Waals surface area (Å²) in [4.78, 5) is 0. The molecule has 1 nitrogen and oxygen atoms in total. The molecule has 35 heavy (non-hydrogen) atoms. The Balaban J connectivity index is 1.46. The molecule has 4 aromatic carbocycles. The number of ether oxygens (including phenoxy) is 1. The van der Waals surface area contributed by atoms with Gasteiger partial charge in [-0.15, -0.1) is 0 Å². The molecule has 0 radical (unpaired) electrons. The van der Waals surface area contributed by atoms with Crippen molar-refractivity contribution in [2.24, 2.45) is 0 Å². The van der Waals surface area contributed by atoms with Gasteiger partial charge in [-0.25, -0.2) is 0 Å². The van der Waals surface area contributed by atoms with Crippen molar-refractivity contribution in [2.45, 2.75) is 27.7 Å². The van der Waals surface area contributed by atoms with Gasteiger partial charge in [-0.05, 0) is 99.3 Å². The van der Waals surface area contributed by atoms with E-state index in [1.54, 1.807) is 0 Å². The Kier molecular flexibility index (Phi) is 9.28. The lowest BCUT2D eigenvalue weighted by Crippen LogP contribution is -2.22. The van der Waals surface area contributed by atoms with E-state index in [-0.39, 0.29) is 0 Å². The van der Waals surface area contributed by atoms with E-state index in [0.717, 1.165) is 25.5 Å². The summed E-state index contributed by atoms with van der Waals surface area (Å²) >= 11 is 0. The first-order chi connectivity index (χ1) is 17.1. The van der Waals surface area contributed by atoms with Crippen molar-refractivity contribution in [3.8, 4) is 0 Å². The quantitative estimate of drug-likeness (QED) is 0.179. The van der Waals surface area contributed by atoms with Gasteiger partial charge in [0.25, 0.3) is 0 Å². The predicted octanol–water partition coefficient (Wildman–Crippen LogP) is 6.50. The topological polar surface area (TPSA) is 9.23 Å². The van der Waals surface area contributed by atoms with E-state index in [2.05, 4.69) is 125 Å². The molecule has 0 heterocycles. The molecule has 0 aliphatic rings. The van der Waals surface area contributed by atoms with Crippen LogP contribution in [0.25, 0.3) is 0 Å². The highest BCUT2D eigenvalue weighted by atomic mass is 31.1. The molecule has 0 fully saturated rings. The average Bonchev–Trinajstić information content (AvgIpc) is 2.86. The van der Waals surface area contributed by atoms with E-state index in [0.29, 0.717) is 0 Å². The Hall–Kier alpha value is -2.30. The Morgan fingerprint density at radius 1 is 0.429 bits per heavy atom. The second-order valence-electron chi connectivity index (χ2n) is 9.06. The molecule has 0 bridgehead atoms. The highest BCUT2D eigenvalue weighted by Gasteiger charge is 2.19. The Morgan fingerprint density at radius 2 is 0.686 bits per heavy atom. The second-order valence-corrected chi connectivity index (χ2v) is 13.6. The van der Waals surface area contributed by atoms with Crippen molar-refractivity contribution in [3.05, 3.63) is 119 Å². The van der Waals surface area contributed by atoms with E-state index in [4.69, 9.17) is 4.74 Å². The SMILES string of the molecule is Cc1ccccc1P(CCOCCP(c1ccccc1C)c1ccccc1C)c1ccccc1C. The maximum absolute atomic E-state index is 6.37. The summed E-state index contributed by atoms with van der Waals surface area (Å²) in [6, 6.07) is 35.4. The van der Waals surface area contributed by atoms with E-state index in [9.17, 15) is 0 Å². The van der Waals surface area contributed by atoms with Gasteiger partial charge in [0.15, 0.2) is 0 Å². The minimum Gasteiger partial charge on any atom is -0.381 e. The highest BCUT2D eigenvalue weighted by molar-refractivity contribution is 7.73. The van der Waals surface area contributed by atoms with Crippen LogP contribution in [0.3, 0.4) is 0 Å². The fourth-order valence-corrected chi connectivity index (χ4v) is 9.79. The summed E-state index contributed by atoms with van der Waals surface area (Å²) < 4.78 is 6.37. The van der Waals surface area contributed by atoms with Crippen LogP contribution in [0.5, 0.6) is 0 Å². The van der Waals surface area contributed by atoms with Crippen LogP contribution in [0.4, 0.5) is 0 Å². The minimum absolute atomic E-state index is 0.442. The zero-order valence-corrected chi connectivity index (χ0v) is 23.2. The Morgan fingerprint density at radius 3 is 0.943 bits per heavy atom. The fourth-order valence-electron chi connectivity index (χ4n) is 4.62. The Bertz CT molecular complexity index is 1060. The van der Waals surface area contributed by atoms with Gasteiger partial charge in [-0.3, -0.25) is 0 Å². The molecule has 4 aromatic rings. The van der Waals surface area contributed by atoms with Gasteiger partial charge < -0.3 is 4.74 Å². The van der Waals surface area contributed by atoms with Crippen molar-refractivity contribution < 1.29 is 4.74 Å². The molecule has 0 N–H and O–H groups in total. The predicted molar refractivity (Wildman–Crippen MR) is 158 cm³/mol. The summed E-state index contributed by atoms with van der Waals surface area (Å²) in [5.74, 6) is 0. The zero-order valence-electron chi connectivity index (χ0n) is 21.4. The molecule has 0 aromatic heterocycles. The maximum atomic E-state index is 6.37. The summed E-state index contributed by atoms with van der Waals surface area (Å²) in [6.45, 7) is 10.5. The first-order valence-electron chi connectivity index (χ1n) is 12.4. The summed E-state index contributed by atoms with van der Waals surface area (Å²) in [5, 5.41) is 5.90. The van der Waals surface area contributed by atoms with Crippen molar-refractivity contribution in [3.63, 3.8) is 0 Å². The molecule has 0 amide bonds. The fraction of sp³-hybridized carbons (Fsp3) is 0.250. The summed E-state index contributed by atoms with van der Waals surface area (Å²) in [6.07, 6.45) is 2.11. The van der Waals surface area contributed by atoms with Crippen molar-refractivity contribution in [1.29, 1.82) is 0 Å². The lowest BCUT2D eigenvalue weighted by atomic mass is 10.2. The highest BCUT2D eigenvalue weighted by Crippen LogP contribution is 2.37. The van der Waals surface area contributed by atoms with Crippen LogP contribution in [-0.2, 0) is 4.74 Å². The van der Waals surface area contributed by atoms with Crippen LogP contribution in [0.2, 0.25) is 0 Å². The molecule has 0 spiro atoms. The van der Waals surface area contributed by atoms with Crippen LogP contribution in [0.1, 0.15) is 22.3 Å². The van der Waals surface area contributed by atoms with Crippen LogP contribution in [0, 0.1) is 27.7 Å². The third-order valence-electron chi connectivity index (χ3n) is 6.54. The van der Waals surface area contributed by atoms with Crippen LogP contribution >= 0.6 is 15.8 Å². The first-order valence-corrected chi connectivity index (χ1v) is 15.5. The van der Waals surface area contributed by atoms with Crippen molar-refractivity contribution in [2.75, 3.05) is 25.5 Å². The number of rotatable bonds is 10. The molecule has 0 atom stereocenters. The third kappa shape index (κ3) is 6.48. The van der Waals surface area contributed by atoms with E-state index < -0.39 is 15.8 Å². The molecule has 180 valence electrons. The lowest BCUT2D eigenvalue weighted by molar-refractivity contribution is 0.166. The molecule has 4 rings (SSSR count). The van der Waals surface area contributed by atoms with Gasteiger partial charge in [0.2, 0.25) is 0 Å². The number of aryl methyl sites for hydroxylation is 4. The van der Waals surface area contributed by atoms with Gasteiger partial charge in [-0.2, -0.15) is 0 Å². The normalized spacial score (nSPS) is 11.4.